The molecular weight excluding hydrogens is 436 g/mol. The van der Waals surface area contributed by atoms with Gasteiger partial charge in [0, 0.05) is 23.4 Å². The zero-order chi connectivity index (χ0) is 24.5. The number of nitrogens with two attached hydrogens (primary N) is 1. The molecule has 1 saturated heterocycles. The van der Waals surface area contributed by atoms with Crippen LogP contribution in [0.3, 0.4) is 0 Å². The van der Waals surface area contributed by atoms with Crippen molar-refractivity contribution in [1.29, 1.82) is 5.41 Å². The van der Waals surface area contributed by atoms with Crippen LogP contribution in [0.5, 0.6) is 11.5 Å². The van der Waals surface area contributed by atoms with Crippen molar-refractivity contribution in [2.24, 2.45) is 5.73 Å². The van der Waals surface area contributed by atoms with Crippen LogP contribution in [0.2, 0.25) is 0 Å². The zero-order valence-electron chi connectivity index (χ0n) is 20.2. The molecule has 0 saturated carbocycles. The lowest BCUT2D eigenvalue weighted by Gasteiger charge is -2.23. The summed E-state index contributed by atoms with van der Waals surface area (Å²) in [5.74, 6) is 1.71. The number of piperidine rings is 1. The molecule has 1 aliphatic heterocycles. The van der Waals surface area contributed by atoms with E-state index in [-0.39, 0.29) is 5.84 Å². The van der Waals surface area contributed by atoms with Gasteiger partial charge in [-0.2, -0.15) is 0 Å². The first-order valence-corrected chi connectivity index (χ1v) is 12.1. The minimum absolute atomic E-state index is 0.0387. The second-order valence-corrected chi connectivity index (χ2v) is 8.88. The van der Waals surface area contributed by atoms with Gasteiger partial charge in [-0.15, -0.1) is 0 Å². The van der Waals surface area contributed by atoms with Crippen molar-refractivity contribution < 1.29 is 9.47 Å². The maximum absolute atomic E-state index is 7.80. The lowest BCUT2D eigenvalue weighted by molar-refractivity contribution is 0.162. The van der Waals surface area contributed by atoms with Crippen molar-refractivity contribution in [3.05, 3.63) is 95.1 Å². The summed E-state index contributed by atoms with van der Waals surface area (Å²) in [4.78, 5) is 0. The summed E-state index contributed by atoms with van der Waals surface area (Å²) >= 11 is 0. The topological polar surface area (TPSA) is 92.4 Å². The fourth-order valence-corrected chi connectivity index (χ4v) is 4.01. The van der Waals surface area contributed by atoms with Crippen molar-refractivity contribution in [3.63, 3.8) is 0 Å². The van der Waals surface area contributed by atoms with E-state index in [0.29, 0.717) is 24.8 Å². The molecule has 3 aromatic rings. The minimum Gasteiger partial charge on any atom is -0.490 e. The van der Waals surface area contributed by atoms with Gasteiger partial charge >= 0.3 is 0 Å². The molecule has 0 atom stereocenters. The lowest BCUT2D eigenvalue weighted by atomic mass is 10.1. The number of hydrogen-bond acceptors (Lipinski definition) is 5. The Kier molecular flexibility index (Phi) is 8.41. The van der Waals surface area contributed by atoms with Crippen LogP contribution in [0.25, 0.3) is 6.08 Å². The number of nitrogen functional groups attached to an aromatic ring is 1. The molecule has 182 valence electrons. The van der Waals surface area contributed by atoms with Crippen molar-refractivity contribution >= 4 is 17.6 Å². The van der Waals surface area contributed by atoms with Gasteiger partial charge in [0.1, 0.15) is 30.0 Å². The minimum atomic E-state index is 0.0387. The van der Waals surface area contributed by atoms with Crippen LogP contribution in [-0.2, 0) is 6.61 Å². The fraction of sp³-hybridized carbons (Fsp3) is 0.276. The predicted molar refractivity (Wildman–Crippen MR) is 143 cm³/mol. The molecular formula is C29H34N4O2. The highest BCUT2D eigenvalue weighted by atomic mass is 16.5. The van der Waals surface area contributed by atoms with Crippen LogP contribution in [0.15, 0.2) is 78.4 Å². The molecule has 0 unspecified atom stereocenters. The molecule has 0 aliphatic carbocycles. The zero-order valence-corrected chi connectivity index (χ0v) is 20.2. The quantitative estimate of drug-likeness (QED) is 0.242. The molecule has 0 aromatic heterocycles. The SMILES string of the molecule is CC(=Cc1cc(C(=N)N)ccc1OCc1ccccc1)CNc1ccc(OC2CCNCC2)cc1. The Labute approximate surface area is 207 Å². The number of hydrogen-bond donors (Lipinski definition) is 4. The summed E-state index contributed by atoms with van der Waals surface area (Å²) in [6.07, 6.45) is 4.47. The van der Waals surface area contributed by atoms with Gasteiger partial charge in [-0.1, -0.05) is 42.0 Å². The van der Waals surface area contributed by atoms with Gasteiger partial charge in [-0.25, -0.2) is 0 Å². The molecule has 0 amide bonds. The predicted octanol–water partition coefficient (Wildman–Crippen LogP) is 5.20. The molecule has 4 rings (SSSR count). The highest BCUT2D eigenvalue weighted by Gasteiger charge is 2.14. The monoisotopic (exact) mass is 470 g/mol. The lowest BCUT2D eigenvalue weighted by Crippen LogP contribution is -2.34. The van der Waals surface area contributed by atoms with E-state index in [1.54, 1.807) is 0 Å². The van der Waals surface area contributed by atoms with E-state index in [1.165, 1.54) is 0 Å². The molecule has 0 spiro atoms. The Balaban J connectivity index is 1.39. The van der Waals surface area contributed by atoms with Gasteiger partial charge in [0.15, 0.2) is 0 Å². The van der Waals surface area contributed by atoms with Gasteiger partial charge < -0.3 is 25.8 Å². The fourth-order valence-electron chi connectivity index (χ4n) is 4.01. The summed E-state index contributed by atoms with van der Waals surface area (Å²) in [5, 5.41) is 14.6. The number of amidine groups is 1. The van der Waals surface area contributed by atoms with Crippen LogP contribution in [0.1, 0.15) is 36.5 Å². The standard InChI is InChI=1S/C29H34N4O2/c1-21(19-33-25-8-10-26(11-9-25)35-27-13-15-32-16-14-27)17-24-18-23(29(30)31)7-12-28(24)34-20-22-5-3-2-4-6-22/h2-12,17-18,27,32-33H,13-16,19-20H2,1H3,(H3,30,31). The number of ether oxygens (including phenoxy) is 2. The van der Waals surface area contributed by atoms with E-state index in [0.717, 1.165) is 59.8 Å². The number of rotatable bonds is 10. The molecule has 6 nitrogen and oxygen atoms in total. The molecule has 0 radical (unpaired) electrons. The summed E-state index contributed by atoms with van der Waals surface area (Å²) in [6, 6.07) is 23.8. The van der Waals surface area contributed by atoms with Gasteiger partial charge in [0.05, 0.1) is 0 Å². The summed E-state index contributed by atoms with van der Waals surface area (Å²) in [5.41, 5.74) is 10.6. The second-order valence-electron chi connectivity index (χ2n) is 8.88. The van der Waals surface area contributed by atoms with Crippen LogP contribution in [-0.4, -0.2) is 31.6 Å². The van der Waals surface area contributed by atoms with Crippen molar-refractivity contribution in [2.45, 2.75) is 32.5 Å². The van der Waals surface area contributed by atoms with Crippen molar-refractivity contribution in [1.82, 2.24) is 5.32 Å². The third-order valence-electron chi connectivity index (χ3n) is 5.97. The molecule has 6 heteroatoms. The van der Waals surface area contributed by atoms with Crippen LogP contribution >= 0.6 is 0 Å². The average molecular weight is 471 g/mol. The first-order chi connectivity index (χ1) is 17.1. The Morgan fingerprint density at radius 2 is 1.80 bits per heavy atom. The summed E-state index contributed by atoms with van der Waals surface area (Å²) < 4.78 is 12.2. The number of nitrogens with one attached hydrogen (secondary N) is 3. The van der Waals surface area contributed by atoms with Gasteiger partial charge in [-0.05, 0) is 80.9 Å². The first-order valence-electron chi connectivity index (χ1n) is 12.1. The smallest absolute Gasteiger partial charge is 0.127 e. The van der Waals surface area contributed by atoms with Crippen molar-refractivity contribution in [2.75, 3.05) is 25.0 Å². The molecule has 1 aliphatic rings. The second kappa shape index (κ2) is 12.1. The van der Waals surface area contributed by atoms with Crippen LogP contribution < -0.4 is 25.8 Å². The average Bonchev–Trinajstić information content (AvgIpc) is 2.88. The molecule has 35 heavy (non-hydrogen) atoms. The molecule has 0 bridgehead atoms. The summed E-state index contributed by atoms with van der Waals surface area (Å²) in [6.45, 7) is 5.26. The highest BCUT2D eigenvalue weighted by molar-refractivity contribution is 5.95. The third kappa shape index (κ3) is 7.36. The van der Waals surface area contributed by atoms with E-state index in [9.17, 15) is 0 Å². The van der Waals surface area contributed by atoms with E-state index in [1.807, 2.05) is 60.7 Å². The van der Waals surface area contributed by atoms with Crippen molar-refractivity contribution in [3.8, 4) is 11.5 Å². The number of benzene rings is 3. The highest BCUT2D eigenvalue weighted by Crippen LogP contribution is 2.25. The van der Waals surface area contributed by atoms with E-state index in [4.69, 9.17) is 20.6 Å². The molecule has 1 fully saturated rings. The molecule has 3 aromatic carbocycles. The Bertz CT molecular complexity index is 1140. The number of anilines is 1. The largest absolute Gasteiger partial charge is 0.490 e. The Morgan fingerprint density at radius 3 is 2.51 bits per heavy atom. The molecule has 1 heterocycles. The maximum Gasteiger partial charge on any atom is 0.127 e. The first kappa shape index (κ1) is 24.4. The normalized spacial score (nSPS) is 14.4. The van der Waals surface area contributed by atoms with Gasteiger partial charge in [0.25, 0.3) is 0 Å². The van der Waals surface area contributed by atoms with Crippen LogP contribution in [0, 0.1) is 5.41 Å². The summed E-state index contributed by atoms with van der Waals surface area (Å²) in [7, 11) is 0. The van der Waals surface area contributed by atoms with Gasteiger partial charge in [-0.3, -0.25) is 5.41 Å². The Hall–Kier alpha value is -3.77. The van der Waals surface area contributed by atoms with E-state index < -0.39 is 0 Å². The Morgan fingerprint density at radius 1 is 1.06 bits per heavy atom. The van der Waals surface area contributed by atoms with E-state index >= 15 is 0 Å². The van der Waals surface area contributed by atoms with Crippen LogP contribution in [0.4, 0.5) is 5.69 Å². The van der Waals surface area contributed by atoms with Gasteiger partial charge in [0.2, 0.25) is 0 Å². The maximum atomic E-state index is 7.80. The van der Waals surface area contributed by atoms with E-state index in [2.05, 4.69) is 35.8 Å². The third-order valence-corrected chi connectivity index (χ3v) is 5.97. The molecule has 5 N–H and O–H groups in total.